The highest BCUT2D eigenvalue weighted by molar-refractivity contribution is 7.90. The van der Waals surface area contributed by atoms with E-state index >= 15 is 0 Å². The summed E-state index contributed by atoms with van der Waals surface area (Å²) in [6.07, 6.45) is 5.99. The normalized spacial score (nSPS) is 10.7. The van der Waals surface area contributed by atoms with Crippen molar-refractivity contribution in [3.05, 3.63) is 17.9 Å². The zero-order chi connectivity index (χ0) is 13.1. The Morgan fingerprint density at radius 2 is 2.18 bits per heavy atom. The van der Waals surface area contributed by atoms with Gasteiger partial charge in [0.2, 0.25) is 0 Å². The van der Waals surface area contributed by atoms with Crippen LogP contribution in [0.5, 0.6) is 5.75 Å². The molecule has 0 radical (unpaired) electrons. The van der Waals surface area contributed by atoms with Gasteiger partial charge in [0.1, 0.15) is 16.5 Å². The summed E-state index contributed by atoms with van der Waals surface area (Å²) in [6.45, 7) is 0.189. The largest absolute Gasteiger partial charge is 0.495 e. The molecular formula is C11H12FNO3S. The molecule has 0 aliphatic carbocycles. The molecule has 0 aromatic heterocycles. The van der Waals surface area contributed by atoms with Gasteiger partial charge in [0.25, 0.3) is 0 Å². The average Bonchev–Trinajstić information content (AvgIpc) is 2.24. The molecule has 0 fully saturated rings. The SMILES string of the molecule is C#CCNc1cc(F)c(S(C)(=O)=O)cc1OC. The number of sulfone groups is 1. The third-order valence-corrected chi connectivity index (χ3v) is 3.15. The second-order valence-electron chi connectivity index (χ2n) is 3.31. The van der Waals surface area contributed by atoms with Gasteiger partial charge in [-0.15, -0.1) is 6.42 Å². The van der Waals surface area contributed by atoms with E-state index < -0.39 is 20.5 Å². The first-order valence-corrected chi connectivity index (χ1v) is 6.54. The highest BCUT2D eigenvalue weighted by Gasteiger charge is 2.17. The fourth-order valence-corrected chi connectivity index (χ4v) is 2.01. The molecule has 0 bridgehead atoms. The lowest BCUT2D eigenvalue weighted by molar-refractivity contribution is 0.413. The van der Waals surface area contributed by atoms with E-state index in [1.807, 2.05) is 0 Å². The zero-order valence-corrected chi connectivity index (χ0v) is 10.3. The van der Waals surface area contributed by atoms with E-state index in [0.29, 0.717) is 5.69 Å². The van der Waals surface area contributed by atoms with Crippen molar-refractivity contribution in [2.75, 3.05) is 25.2 Å². The maximum absolute atomic E-state index is 13.6. The second-order valence-corrected chi connectivity index (χ2v) is 5.30. The lowest BCUT2D eigenvalue weighted by Crippen LogP contribution is -2.06. The van der Waals surface area contributed by atoms with Crippen LogP contribution in [-0.4, -0.2) is 28.3 Å². The Kier molecular flexibility index (Phi) is 3.97. The first-order chi connectivity index (χ1) is 7.90. The molecule has 1 rings (SSSR count). The highest BCUT2D eigenvalue weighted by atomic mass is 32.2. The minimum atomic E-state index is -3.63. The summed E-state index contributed by atoms with van der Waals surface area (Å²) in [6, 6.07) is 2.18. The molecular weight excluding hydrogens is 245 g/mol. The highest BCUT2D eigenvalue weighted by Crippen LogP contribution is 2.29. The maximum Gasteiger partial charge on any atom is 0.178 e. The van der Waals surface area contributed by atoms with Gasteiger partial charge < -0.3 is 10.1 Å². The third kappa shape index (κ3) is 3.11. The molecule has 0 heterocycles. The predicted molar refractivity (Wildman–Crippen MR) is 63.4 cm³/mol. The van der Waals surface area contributed by atoms with Crippen LogP contribution in [0.2, 0.25) is 0 Å². The minimum Gasteiger partial charge on any atom is -0.495 e. The number of halogens is 1. The second kappa shape index (κ2) is 5.06. The summed E-state index contributed by atoms with van der Waals surface area (Å²) in [5, 5.41) is 2.74. The summed E-state index contributed by atoms with van der Waals surface area (Å²) >= 11 is 0. The van der Waals surface area contributed by atoms with Gasteiger partial charge in [-0.2, -0.15) is 0 Å². The molecule has 0 atom stereocenters. The Hall–Kier alpha value is -1.74. The molecule has 6 heteroatoms. The zero-order valence-electron chi connectivity index (χ0n) is 9.45. The molecule has 0 unspecified atom stereocenters. The molecule has 1 aromatic rings. The van der Waals surface area contributed by atoms with E-state index in [9.17, 15) is 12.8 Å². The number of ether oxygens (including phenoxy) is 1. The van der Waals surface area contributed by atoms with Gasteiger partial charge in [-0.3, -0.25) is 0 Å². The topological polar surface area (TPSA) is 55.4 Å². The number of hydrogen-bond donors (Lipinski definition) is 1. The molecule has 0 saturated carbocycles. The lowest BCUT2D eigenvalue weighted by Gasteiger charge is -2.11. The summed E-state index contributed by atoms with van der Waals surface area (Å²) in [5.41, 5.74) is 0.315. The predicted octanol–water partition coefficient (Wildman–Crippen LogP) is 1.28. The molecule has 0 amide bonds. The Balaban J connectivity index is 3.31. The average molecular weight is 257 g/mol. The monoisotopic (exact) mass is 257 g/mol. The van der Waals surface area contributed by atoms with Crippen LogP contribution in [-0.2, 0) is 9.84 Å². The first-order valence-electron chi connectivity index (χ1n) is 4.65. The molecule has 17 heavy (non-hydrogen) atoms. The van der Waals surface area contributed by atoms with Gasteiger partial charge in [0, 0.05) is 18.4 Å². The van der Waals surface area contributed by atoms with Crippen molar-refractivity contribution in [1.82, 2.24) is 0 Å². The molecule has 0 spiro atoms. The Morgan fingerprint density at radius 3 is 2.65 bits per heavy atom. The van der Waals surface area contributed by atoms with E-state index in [2.05, 4.69) is 11.2 Å². The lowest BCUT2D eigenvalue weighted by atomic mass is 10.2. The minimum absolute atomic E-state index is 0.189. The molecule has 0 aliphatic heterocycles. The number of benzene rings is 1. The van der Waals surface area contributed by atoms with Gasteiger partial charge in [0.05, 0.1) is 19.3 Å². The van der Waals surface area contributed by atoms with E-state index in [4.69, 9.17) is 11.2 Å². The van der Waals surface area contributed by atoms with Crippen LogP contribution in [0.3, 0.4) is 0 Å². The molecule has 1 aromatic carbocycles. The van der Waals surface area contributed by atoms with Gasteiger partial charge in [0.15, 0.2) is 9.84 Å². The van der Waals surface area contributed by atoms with Crippen LogP contribution in [0.25, 0.3) is 0 Å². The number of rotatable bonds is 4. The van der Waals surface area contributed by atoms with Crippen LogP contribution in [0.4, 0.5) is 10.1 Å². The van der Waals surface area contributed by atoms with Gasteiger partial charge in [-0.25, -0.2) is 12.8 Å². The van der Waals surface area contributed by atoms with Gasteiger partial charge >= 0.3 is 0 Å². The van der Waals surface area contributed by atoms with Crippen molar-refractivity contribution >= 4 is 15.5 Å². The van der Waals surface area contributed by atoms with Crippen LogP contribution < -0.4 is 10.1 Å². The van der Waals surface area contributed by atoms with Crippen molar-refractivity contribution in [3.63, 3.8) is 0 Å². The first kappa shape index (κ1) is 13.3. The third-order valence-electron chi connectivity index (χ3n) is 2.03. The van der Waals surface area contributed by atoms with Gasteiger partial charge in [-0.1, -0.05) is 5.92 Å². The maximum atomic E-state index is 13.6. The summed E-state index contributed by atoms with van der Waals surface area (Å²) in [4.78, 5) is -0.402. The summed E-state index contributed by atoms with van der Waals surface area (Å²) in [7, 11) is -2.26. The summed E-state index contributed by atoms with van der Waals surface area (Å²) in [5.74, 6) is 1.71. The van der Waals surface area contributed by atoms with Crippen molar-refractivity contribution in [2.24, 2.45) is 0 Å². The number of anilines is 1. The van der Waals surface area contributed by atoms with Crippen LogP contribution >= 0.6 is 0 Å². The van der Waals surface area contributed by atoms with Crippen LogP contribution in [0.1, 0.15) is 0 Å². The quantitative estimate of drug-likeness (QED) is 0.826. The molecule has 92 valence electrons. The Bertz CT molecular complexity index is 561. The molecule has 1 N–H and O–H groups in total. The standard InChI is InChI=1S/C11H12FNO3S/c1-4-5-13-9-6-8(12)11(17(3,14)15)7-10(9)16-2/h1,6-7,13H,5H2,2-3H3. The number of methoxy groups -OCH3 is 1. The fourth-order valence-electron chi connectivity index (χ4n) is 1.27. The van der Waals surface area contributed by atoms with Crippen molar-refractivity contribution in [1.29, 1.82) is 0 Å². The smallest absolute Gasteiger partial charge is 0.178 e. The van der Waals surface area contributed by atoms with E-state index in [-0.39, 0.29) is 12.3 Å². The molecule has 0 aliphatic rings. The van der Waals surface area contributed by atoms with E-state index in [1.54, 1.807) is 0 Å². The number of nitrogens with one attached hydrogen (secondary N) is 1. The van der Waals surface area contributed by atoms with Crippen LogP contribution in [0.15, 0.2) is 17.0 Å². The summed E-state index contributed by atoms with van der Waals surface area (Å²) < 4.78 is 41.1. The van der Waals surface area contributed by atoms with Crippen molar-refractivity contribution in [3.8, 4) is 18.1 Å². The van der Waals surface area contributed by atoms with E-state index in [0.717, 1.165) is 18.4 Å². The van der Waals surface area contributed by atoms with E-state index in [1.165, 1.54) is 7.11 Å². The van der Waals surface area contributed by atoms with Crippen molar-refractivity contribution < 1.29 is 17.5 Å². The Labute approximate surface area is 99.7 Å². The van der Waals surface area contributed by atoms with Crippen LogP contribution in [0, 0.1) is 18.2 Å². The fraction of sp³-hybridized carbons (Fsp3) is 0.273. The Morgan fingerprint density at radius 1 is 1.53 bits per heavy atom. The molecule has 4 nitrogen and oxygen atoms in total. The number of hydrogen-bond acceptors (Lipinski definition) is 4. The van der Waals surface area contributed by atoms with Gasteiger partial charge in [-0.05, 0) is 0 Å². The number of terminal acetylenes is 1. The molecule has 0 saturated heterocycles. The van der Waals surface area contributed by atoms with Crippen molar-refractivity contribution in [2.45, 2.75) is 4.90 Å².